The molecule has 1 aromatic heterocycles. The lowest BCUT2D eigenvalue weighted by Crippen LogP contribution is -2.43. The fraction of sp³-hybridized carbons (Fsp3) is 0.600. The van der Waals surface area contributed by atoms with Crippen LogP contribution in [0.5, 0.6) is 0 Å². The number of hydrogen-bond donors (Lipinski definition) is 1. The Morgan fingerprint density at radius 3 is 2.88 bits per heavy atom. The van der Waals surface area contributed by atoms with Crippen molar-refractivity contribution in [3.63, 3.8) is 0 Å². The van der Waals surface area contributed by atoms with Crippen LogP contribution in [0.15, 0.2) is 11.4 Å². The van der Waals surface area contributed by atoms with Crippen molar-refractivity contribution in [1.29, 1.82) is 0 Å². The van der Waals surface area contributed by atoms with E-state index < -0.39 is 0 Å². The summed E-state index contributed by atoms with van der Waals surface area (Å²) in [6.07, 6.45) is 2.75. The van der Waals surface area contributed by atoms with E-state index in [0.717, 1.165) is 30.4 Å². The zero-order valence-corrected chi connectivity index (χ0v) is 10.0. The fourth-order valence-electron chi connectivity index (χ4n) is 1.49. The van der Waals surface area contributed by atoms with E-state index in [4.69, 9.17) is 5.11 Å². The van der Waals surface area contributed by atoms with Gasteiger partial charge in [0.15, 0.2) is 5.16 Å². The van der Waals surface area contributed by atoms with Crippen molar-refractivity contribution in [2.75, 3.05) is 18.8 Å². The first-order chi connectivity index (χ1) is 7.72. The van der Waals surface area contributed by atoms with Crippen LogP contribution in [0.4, 0.5) is 0 Å². The first kappa shape index (κ1) is 11.5. The molecule has 1 aromatic rings. The summed E-state index contributed by atoms with van der Waals surface area (Å²) in [5.41, 5.74) is 0.763. The van der Waals surface area contributed by atoms with E-state index in [1.54, 1.807) is 6.20 Å². The highest BCUT2D eigenvalue weighted by molar-refractivity contribution is 7.99. The smallest absolute Gasteiger partial charge is 0.233 e. The summed E-state index contributed by atoms with van der Waals surface area (Å²) < 4.78 is 1.81. The molecule has 1 N–H and O–H groups in total. The second kappa shape index (κ2) is 4.88. The van der Waals surface area contributed by atoms with Crippen molar-refractivity contribution in [1.82, 2.24) is 14.5 Å². The molecule has 6 heteroatoms. The van der Waals surface area contributed by atoms with Crippen molar-refractivity contribution >= 4 is 17.7 Å². The Bertz CT molecular complexity index is 387. The molecule has 5 nitrogen and oxygen atoms in total. The highest BCUT2D eigenvalue weighted by atomic mass is 32.2. The third-order valence-corrected chi connectivity index (χ3v) is 3.77. The Hall–Kier alpha value is -1.01. The molecule has 0 spiro atoms. The molecule has 0 aromatic carbocycles. The summed E-state index contributed by atoms with van der Waals surface area (Å²) in [6.45, 7) is 1.76. The molecule has 16 heavy (non-hydrogen) atoms. The molecule has 0 aliphatic carbocycles. The van der Waals surface area contributed by atoms with E-state index in [-0.39, 0.29) is 12.5 Å². The largest absolute Gasteiger partial charge is 0.390 e. The Kier molecular flexibility index (Phi) is 3.50. The van der Waals surface area contributed by atoms with Crippen LogP contribution in [0.25, 0.3) is 0 Å². The number of thioether (sulfide) groups is 1. The summed E-state index contributed by atoms with van der Waals surface area (Å²) in [7, 11) is 1.84. The quantitative estimate of drug-likeness (QED) is 0.767. The molecule has 1 aliphatic heterocycles. The van der Waals surface area contributed by atoms with Gasteiger partial charge >= 0.3 is 0 Å². The monoisotopic (exact) mass is 241 g/mol. The molecule has 1 fully saturated rings. The number of carbonyl (C=O) groups is 1. The van der Waals surface area contributed by atoms with Crippen LogP contribution in [0, 0.1) is 0 Å². The Morgan fingerprint density at radius 1 is 1.62 bits per heavy atom. The maximum Gasteiger partial charge on any atom is 0.233 e. The van der Waals surface area contributed by atoms with Crippen molar-refractivity contribution < 1.29 is 9.90 Å². The van der Waals surface area contributed by atoms with Crippen molar-refractivity contribution in [2.45, 2.75) is 18.2 Å². The SMILES string of the molecule is Cn1c(CO)cnc1SCC(=O)N1CCC1. The van der Waals surface area contributed by atoms with Crippen LogP contribution in [0.2, 0.25) is 0 Å². The van der Waals surface area contributed by atoms with E-state index in [1.807, 2.05) is 16.5 Å². The van der Waals surface area contributed by atoms with Crippen LogP contribution >= 0.6 is 11.8 Å². The number of nitrogens with zero attached hydrogens (tertiary/aromatic N) is 3. The number of likely N-dealkylation sites (tertiary alicyclic amines) is 1. The molecular weight excluding hydrogens is 226 g/mol. The van der Waals surface area contributed by atoms with Crippen molar-refractivity contribution in [3.8, 4) is 0 Å². The molecule has 0 atom stereocenters. The van der Waals surface area contributed by atoms with Gasteiger partial charge in [-0.05, 0) is 6.42 Å². The molecule has 0 saturated carbocycles. The first-order valence-electron chi connectivity index (χ1n) is 5.24. The van der Waals surface area contributed by atoms with E-state index in [2.05, 4.69) is 4.98 Å². The zero-order chi connectivity index (χ0) is 11.5. The third-order valence-electron chi connectivity index (χ3n) is 2.74. The Labute approximate surface area is 98.5 Å². The molecule has 1 saturated heterocycles. The van der Waals surface area contributed by atoms with Crippen LogP contribution in [0.1, 0.15) is 12.1 Å². The molecule has 0 radical (unpaired) electrons. The molecule has 2 rings (SSSR count). The number of carbonyl (C=O) groups excluding carboxylic acids is 1. The summed E-state index contributed by atoms with van der Waals surface area (Å²) in [6, 6.07) is 0. The van der Waals surface area contributed by atoms with E-state index in [9.17, 15) is 4.79 Å². The van der Waals surface area contributed by atoms with Crippen molar-refractivity contribution in [3.05, 3.63) is 11.9 Å². The number of aliphatic hydroxyl groups is 1. The highest BCUT2D eigenvalue weighted by Gasteiger charge is 2.20. The molecule has 1 aliphatic rings. The van der Waals surface area contributed by atoms with Gasteiger partial charge in [-0.25, -0.2) is 4.98 Å². The van der Waals surface area contributed by atoms with Crippen LogP contribution in [-0.2, 0) is 18.4 Å². The van der Waals surface area contributed by atoms with Gasteiger partial charge < -0.3 is 14.6 Å². The van der Waals surface area contributed by atoms with E-state index in [1.165, 1.54) is 11.8 Å². The van der Waals surface area contributed by atoms with E-state index >= 15 is 0 Å². The topological polar surface area (TPSA) is 58.4 Å². The van der Waals surface area contributed by atoms with Crippen molar-refractivity contribution in [2.24, 2.45) is 7.05 Å². The predicted molar refractivity (Wildman–Crippen MR) is 61.1 cm³/mol. The van der Waals surface area contributed by atoms with Gasteiger partial charge in [0.05, 0.1) is 24.3 Å². The number of aromatic nitrogens is 2. The lowest BCUT2D eigenvalue weighted by Gasteiger charge is -2.30. The minimum absolute atomic E-state index is 0.0237. The van der Waals surface area contributed by atoms with Gasteiger partial charge in [-0.1, -0.05) is 11.8 Å². The third kappa shape index (κ3) is 2.22. The van der Waals surface area contributed by atoms with Gasteiger partial charge in [-0.2, -0.15) is 0 Å². The average molecular weight is 241 g/mol. The molecule has 88 valence electrons. The van der Waals surface area contributed by atoms with Gasteiger partial charge in [0, 0.05) is 20.1 Å². The second-order valence-electron chi connectivity index (χ2n) is 3.77. The molecule has 2 heterocycles. The number of hydrogen-bond acceptors (Lipinski definition) is 4. The lowest BCUT2D eigenvalue weighted by molar-refractivity contribution is -0.131. The van der Waals surface area contributed by atoms with E-state index in [0.29, 0.717) is 5.75 Å². The maximum atomic E-state index is 11.6. The highest BCUT2D eigenvalue weighted by Crippen LogP contribution is 2.19. The van der Waals surface area contributed by atoms with Gasteiger partial charge in [0.2, 0.25) is 5.91 Å². The summed E-state index contributed by atoms with van der Waals surface area (Å²) in [5.74, 6) is 0.597. The summed E-state index contributed by atoms with van der Waals surface area (Å²) >= 11 is 1.42. The molecular formula is C10H15N3O2S. The second-order valence-corrected chi connectivity index (χ2v) is 4.71. The summed E-state index contributed by atoms with van der Waals surface area (Å²) in [5, 5.41) is 9.78. The normalized spacial score (nSPS) is 15.0. The number of rotatable bonds is 4. The van der Waals surface area contributed by atoms with Crippen LogP contribution < -0.4 is 0 Å². The maximum absolute atomic E-state index is 11.6. The number of amides is 1. The van der Waals surface area contributed by atoms with Crippen LogP contribution in [-0.4, -0.2) is 44.3 Å². The Morgan fingerprint density at radius 2 is 2.38 bits per heavy atom. The predicted octanol–water partition coefficient (Wildman–Crippen LogP) is 0.237. The van der Waals surface area contributed by atoms with Crippen LogP contribution in [0.3, 0.4) is 0 Å². The Balaban J connectivity index is 1.88. The van der Waals surface area contributed by atoms with Gasteiger partial charge in [0.25, 0.3) is 0 Å². The van der Waals surface area contributed by atoms with Gasteiger partial charge in [-0.15, -0.1) is 0 Å². The van der Waals surface area contributed by atoms with Gasteiger partial charge in [0.1, 0.15) is 0 Å². The number of aliphatic hydroxyl groups excluding tert-OH is 1. The zero-order valence-electron chi connectivity index (χ0n) is 9.22. The minimum atomic E-state index is -0.0237. The standard InChI is InChI=1S/C10H15N3O2S/c1-12-8(6-14)5-11-10(12)16-7-9(15)13-3-2-4-13/h5,14H,2-4,6-7H2,1H3. The molecule has 0 unspecified atom stereocenters. The lowest BCUT2D eigenvalue weighted by atomic mass is 10.2. The molecule has 1 amide bonds. The fourth-order valence-corrected chi connectivity index (χ4v) is 2.36. The number of imidazole rings is 1. The van der Waals surface area contributed by atoms with Gasteiger partial charge in [-0.3, -0.25) is 4.79 Å². The minimum Gasteiger partial charge on any atom is -0.390 e. The molecule has 0 bridgehead atoms. The average Bonchev–Trinajstić information content (AvgIpc) is 2.54. The summed E-state index contributed by atoms with van der Waals surface area (Å²) in [4.78, 5) is 17.6. The first-order valence-corrected chi connectivity index (χ1v) is 6.23.